The van der Waals surface area contributed by atoms with Gasteiger partial charge >= 0.3 is 0 Å². The van der Waals surface area contributed by atoms with Crippen molar-refractivity contribution in [1.29, 1.82) is 0 Å². The van der Waals surface area contributed by atoms with Gasteiger partial charge in [-0.15, -0.1) is 0 Å². The Labute approximate surface area is 161 Å². The number of morpholine rings is 1. The lowest BCUT2D eigenvalue weighted by atomic mass is 9.87. The zero-order valence-electron chi connectivity index (χ0n) is 16.6. The molecule has 0 radical (unpaired) electrons. The maximum absolute atomic E-state index is 12.7. The van der Waals surface area contributed by atoms with Gasteiger partial charge in [0.15, 0.2) is 0 Å². The molecule has 0 atom stereocenters. The molecule has 27 heavy (non-hydrogen) atoms. The van der Waals surface area contributed by atoms with Gasteiger partial charge in [0.25, 0.3) is 5.91 Å². The van der Waals surface area contributed by atoms with Crippen LogP contribution in [-0.2, 0) is 10.2 Å². The molecule has 1 aliphatic heterocycles. The molecule has 0 unspecified atom stereocenters. The minimum Gasteiger partial charge on any atom is -0.397 e. The van der Waals surface area contributed by atoms with Gasteiger partial charge in [-0.25, -0.2) is 0 Å². The first-order valence-electron chi connectivity index (χ1n) is 9.40. The fourth-order valence-corrected chi connectivity index (χ4v) is 3.29. The van der Waals surface area contributed by atoms with E-state index in [-0.39, 0.29) is 11.3 Å². The van der Waals surface area contributed by atoms with Gasteiger partial charge < -0.3 is 20.7 Å². The number of nitrogens with zero attached hydrogens (tertiary/aromatic N) is 1. The SMILES string of the molecule is Cc1cc(N)c(NC(=O)c2ccc(C(C)(C)C)cc2)cc1N1CCOCC1. The van der Waals surface area contributed by atoms with Gasteiger partial charge in [0.2, 0.25) is 0 Å². The second-order valence-corrected chi connectivity index (χ2v) is 8.11. The second kappa shape index (κ2) is 7.61. The van der Waals surface area contributed by atoms with Crippen molar-refractivity contribution in [3.05, 3.63) is 53.1 Å². The van der Waals surface area contributed by atoms with Crippen molar-refractivity contribution in [3.63, 3.8) is 0 Å². The Kier molecular flexibility index (Phi) is 5.42. The average molecular weight is 367 g/mol. The number of rotatable bonds is 3. The zero-order valence-corrected chi connectivity index (χ0v) is 16.6. The summed E-state index contributed by atoms with van der Waals surface area (Å²) in [5.41, 5.74) is 11.5. The summed E-state index contributed by atoms with van der Waals surface area (Å²) in [5, 5.41) is 2.97. The summed E-state index contributed by atoms with van der Waals surface area (Å²) in [4.78, 5) is 15.0. The van der Waals surface area contributed by atoms with Crippen molar-refractivity contribution in [2.45, 2.75) is 33.1 Å². The highest BCUT2D eigenvalue weighted by Gasteiger charge is 2.18. The van der Waals surface area contributed by atoms with E-state index < -0.39 is 0 Å². The molecular formula is C22H29N3O2. The number of hydrogen-bond donors (Lipinski definition) is 2. The summed E-state index contributed by atoms with van der Waals surface area (Å²) >= 11 is 0. The van der Waals surface area contributed by atoms with Crippen LogP contribution in [0.4, 0.5) is 17.1 Å². The Morgan fingerprint density at radius 2 is 1.74 bits per heavy atom. The molecule has 5 heteroatoms. The van der Waals surface area contributed by atoms with Gasteiger partial charge in [-0.2, -0.15) is 0 Å². The van der Waals surface area contributed by atoms with Crippen LogP contribution in [0.3, 0.4) is 0 Å². The number of aryl methyl sites for hydroxylation is 1. The zero-order chi connectivity index (χ0) is 19.6. The molecule has 1 saturated heterocycles. The highest BCUT2D eigenvalue weighted by atomic mass is 16.5. The van der Waals surface area contributed by atoms with Crippen molar-refractivity contribution in [2.75, 3.05) is 42.3 Å². The largest absolute Gasteiger partial charge is 0.397 e. The van der Waals surface area contributed by atoms with E-state index in [0.717, 1.165) is 24.3 Å². The van der Waals surface area contributed by atoms with Gasteiger partial charge in [0.1, 0.15) is 0 Å². The van der Waals surface area contributed by atoms with Crippen molar-refractivity contribution >= 4 is 23.0 Å². The first-order valence-corrected chi connectivity index (χ1v) is 9.40. The van der Waals surface area contributed by atoms with Crippen molar-refractivity contribution in [2.24, 2.45) is 0 Å². The standard InChI is InChI=1S/C22H29N3O2/c1-15-13-18(23)19(14-20(15)25-9-11-27-12-10-25)24-21(26)16-5-7-17(8-6-16)22(2,3)4/h5-8,13-14H,9-12,23H2,1-4H3,(H,24,26). The number of amides is 1. The van der Waals surface area contributed by atoms with Gasteiger partial charge in [-0.05, 0) is 47.7 Å². The lowest BCUT2D eigenvalue weighted by Gasteiger charge is -2.30. The van der Waals surface area contributed by atoms with Crippen LogP contribution in [0.2, 0.25) is 0 Å². The fourth-order valence-electron chi connectivity index (χ4n) is 3.29. The topological polar surface area (TPSA) is 67.6 Å². The van der Waals surface area contributed by atoms with E-state index in [0.29, 0.717) is 30.2 Å². The lowest BCUT2D eigenvalue weighted by Crippen LogP contribution is -2.36. The first kappa shape index (κ1) is 19.2. The third-order valence-electron chi connectivity index (χ3n) is 4.98. The van der Waals surface area contributed by atoms with Crippen molar-refractivity contribution in [1.82, 2.24) is 0 Å². The number of anilines is 3. The van der Waals surface area contributed by atoms with Gasteiger partial charge in [-0.1, -0.05) is 32.9 Å². The summed E-state index contributed by atoms with van der Waals surface area (Å²) in [5.74, 6) is -0.154. The molecule has 1 heterocycles. The van der Waals surface area contributed by atoms with E-state index in [9.17, 15) is 4.79 Å². The molecule has 0 spiro atoms. The number of benzene rings is 2. The lowest BCUT2D eigenvalue weighted by molar-refractivity contribution is 0.102. The highest BCUT2D eigenvalue weighted by molar-refractivity contribution is 6.06. The molecule has 2 aromatic carbocycles. The minimum atomic E-state index is -0.154. The molecule has 0 aromatic heterocycles. The van der Waals surface area contributed by atoms with E-state index in [1.807, 2.05) is 43.3 Å². The van der Waals surface area contributed by atoms with Crippen molar-refractivity contribution < 1.29 is 9.53 Å². The number of carbonyl (C=O) groups is 1. The predicted octanol–water partition coefficient (Wildman–Crippen LogP) is 3.96. The van der Waals surface area contributed by atoms with Crippen LogP contribution in [0.15, 0.2) is 36.4 Å². The highest BCUT2D eigenvalue weighted by Crippen LogP contribution is 2.31. The Morgan fingerprint density at radius 1 is 1.11 bits per heavy atom. The van der Waals surface area contributed by atoms with Crippen molar-refractivity contribution in [3.8, 4) is 0 Å². The molecule has 1 fully saturated rings. The van der Waals surface area contributed by atoms with Gasteiger partial charge in [0, 0.05) is 24.3 Å². The Balaban J connectivity index is 1.81. The van der Waals surface area contributed by atoms with Crippen LogP contribution in [0, 0.1) is 6.92 Å². The number of nitrogens with one attached hydrogen (secondary N) is 1. The molecule has 5 nitrogen and oxygen atoms in total. The Bertz CT molecular complexity index is 817. The Morgan fingerprint density at radius 3 is 2.33 bits per heavy atom. The van der Waals surface area contributed by atoms with Crippen LogP contribution >= 0.6 is 0 Å². The number of carbonyl (C=O) groups excluding carboxylic acids is 1. The average Bonchev–Trinajstić information content (AvgIpc) is 2.64. The van der Waals surface area contributed by atoms with E-state index in [1.54, 1.807) is 0 Å². The monoisotopic (exact) mass is 367 g/mol. The minimum absolute atomic E-state index is 0.0590. The molecule has 1 aliphatic rings. The second-order valence-electron chi connectivity index (χ2n) is 8.11. The normalized spacial score (nSPS) is 14.9. The fraction of sp³-hybridized carbons (Fsp3) is 0.409. The van der Waals surface area contributed by atoms with Crippen LogP contribution in [0.1, 0.15) is 42.3 Å². The van der Waals surface area contributed by atoms with E-state index >= 15 is 0 Å². The number of hydrogen-bond acceptors (Lipinski definition) is 4. The predicted molar refractivity (Wildman–Crippen MR) is 112 cm³/mol. The Hall–Kier alpha value is -2.53. The smallest absolute Gasteiger partial charge is 0.255 e. The molecule has 144 valence electrons. The summed E-state index contributed by atoms with van der Waals surface area (Å²) in [6.45, 7) is 11.6. The summed E-state index contributed by atoms with van der Waals surface area (Å²) < 4.78 is 5.43. The molecule has 0 aliphatic carbocycles. The molecule has 2 aromatic rings. The van der Waals surface area contributed by atoms with Crippen LogP contribution < -0.4 is 16.0 Å². The third-order valence-corrected chi connectivity index (χ3v) is 4.98. The van der Waals surface area contributed by atoms with Crippen LogP contribution in [0.25, 0.3) is 0 Å². The summed E-state index contributed by atoms with van der Waals surface area (Å²) in [7, 11) is 0. The van der Waals surface area contributed by atoms with E-state index in [2.05, 4.69) is 31.0 Å². The summed E-state index contributed by atoms with van der Waals surface area (Å²) in [6.07, 6.45) is 0. The molecular weight excluding hydrogens is 338 g/mol. The van der Waals surface area contributed by atoms with Crippen LogP contribution in [-0.4, -0.2) is 32.2 Å². The maximum atomic E-state index is 12.7. The van der Waals surface area contributed by atoms with Crippen LogP contribution in [0.5, 0.6) is 0 Å². The third kappa shape index (κ3) is 4.42. The molecule has 1 amide bonds. The molecule has 3 rings (SSSR count). The summed E-state index contributed by atoms with van der Waals surface area (Å²) in [6, 6.07) is 11.6. The molecule has 0 bridgehead atoms. The van der Waals surface area contributed by atoms with Gasteiger partial charge in [0.05, 0.1) is 24.6 Å². The maximum Gasteiger partial charge on any atom is 0.255 e. The van der Waals surface area contributed by atoms with E-state index in [1.165, 1.54) is 5.56 Å². The molecule has 3 N–H and O–H groups in total. The van der Waals surface area contributed by atoms with E-state index in [4.69, 9.17) is 10.5 Å². The quantitative estimate of drug-likeness (QED) is 0.806. The number of nitrogens with two attached hydrogens (primary N) is 1. The number of ether oxygens (including phenoxy) is 1. The van der Waals surface area contributed by atoms with Gasteiger partial charge in [-0.3, -0.25) is 4.79 Å². The number of nitrogen functional groups attached to an aromatic ring is 1. The first-order chi connectivity index (χ1) is 12.8. The molecule has 0 saturated carbocycles.